The first-order chi connectivity index (χ1) is 10.8. The fraction of sp³-hybridized carbons (Fsp3) is 0.588. The van der Waals surface area contributed by atoms with Crippen LogP contribution in [0.25, 0.3) is 0 Å². The summed E-state index contributed by atoms with van der Waals surface area (Å²) >= 11 is 0. The predicted molar refractivity (Wildman–Crippen MR) is 92.0 cm³/mol. The summed E-state index contributed by atoms with van der Waals surface area (Å²) in [5.41, 5.74) is 0.740. The third-order valence-corrected chi connectivity index (χ3v) is 6.75. The second-order valence-corrected chi connectivity index (χ2v) is 8.85. The van der Waals surface area contributed by atoms with Crippen LogP contribution in [0, 0.1) is 6.92 Å². The van der Waals surface area contributed by atoms with E-state index in [0.29, 0.717) is 10.9 Å². The van der Waals surface area contributed by atoms with Gasteiger partial charge in [-0.25, -0.2) is 17.7 Å². The van der Waals surface area contributed by atoms with Crippen LogP contribution < -0.4 is 0 Å². The molecule has 2 atom stereocenters. The van der Waals surface area contributed by atoms with Gasteiger partial charge in [-0.1, -0.05) is 30.5 Å². The Morgan fingerprint density at radius 1 is 1.22 bits per heavy atom. The van der Waals surface area contributed by atoms with Gasteiger partial charge in [-0.3, -0.25) is 0 Å². The van der Waals surface area contributed by atoms with Crippen molar-refractivity contribution in [2.24, 2.45) is 4.99 Å². The average Bonchev–Trinajstić information content (AvgIpc) is 2.81. The Morgan fingerprint density at radius 2 is 1.87 bits per heavy atom. The molecule has 6 heteroatoms. The van der Waals surface area contributed by atoms with Gasteiger partial charge in [-0.15, -0.1) is 0 Å². The topological polar surface area (TPSA) is 53.0 Å². The Kier molecular flexibility index (Phi) is 3.91. The summed E-state index contributed by atoms with van der Waals surface area (Å²) in [6.45, 7) is 4.04. The summed E-state index contributed by atoms with van der Waals surface area (Å²) in [6.07, 6.45) is 3.96. The van der Waals surface area contributed by atoms with Crippen LogP contribution in [0.2, 0.25) is 0 Å². The second kappa shape index (κ2) is 5.51. The second-order valence-electron chi connectivity index (χ2n) is 7.04. The molecule has 0 unspecified atom stereocenters. The SMILES string of the molecule is Cc1ccc(S(=O)(=O)N2C(N(C)C)=N[C@@]3(C)CCCC[C@@H]23)cc1. The molecule has 1 heterocycles. The van der Waals surface area contributed by atoms with E-state index in [4.69, 9.17) is 4.99 Å². The van der Waals surface area contributed by atoms with E-state index in [-0.39, 0.29) is 11.6 Å². The van der Waals surface area contributed by atoms with Crippen molar-refractivity contribution in [2.45, 2.75) is 56.0 Å². The fourth-order valence-electron chi connectivity index (χ4n) is 3.61. The lowest BCUT2D eigenvalue weighted by Crippen LogP contribution is -2.51. The Bertz CT molecular complexity index is 725. The van der Waals surface area contributed by atoms with E-state index in [9.17, 15) is 8.42 Å². The summed E-state index contributed by atoms with van der Waals surface area (Å²) in [4.78, 5) is 6.98. The van der Waals surface area contributed by atoms with E-state index in [1.54, 1.807) is 16.4 Å². The standard InChI is InChI=1S/C17H25N3O2S/c1-13-8-10-14(11-9-13)23(21,22)20-15-7-5-6-12-17(15,2)18-16(20)19(3)4/h8-11,15H,5-7,12H2,1-4H3/t15-,17+/m1/s1. The number of rotatable bonds is 2. The zero-order valence-corrected chi connectivity index (χ0v) is 15.1. The number of hydrogen-bond acceptors (Lipinski definition) is 4. The van der Waals surface area contributed by atoms with Gasteiger partial charge < -0.3 is 4.90 Å². The van der Waals surface area contributed by atoms with Crippen LogP contribution in [-0.2, 0) is 10.0 Å². The maximum atomic E-state index is 13.3. The first kappa shape index (κ1) is 16.3. The number of nitrogens with zero attached hydrogens (tertiary/aromatic N) is 3. The molecular weight excluding hydrogens is 310 g/mol. The maximum absolute atomic E-state index is 13.3. The van der Waals surface area contributed by atoms with Crippen LogP contribution in [0.4, 0.5) is 0 Å². The van der Waals surface area contributed by atoms with E-state index in [2.05, 4.69) is 6.92 Å². The van der Waals surface area contributed by atoms with Gasteiger partial charge in [-0.05, 0) is 38.8 Å². The molecule has 0 radical (unpaired) electrons. The first-order valence-corrected chi connectivity index (χ1v) is 9.58. The molecule has 1 aromatic rings. The van der Waals surface area contributed by atoms with Crippen molar-refractivity contribution in [2.75, 3.05) is 14.1 Å². The zero-order valence-electron chi connectivity index (χ0n) is 14.3. The highest BCUT2D eigenvalue weighted by Crippen LogP contribution is 2.42. The molecule has 0 amide bonds. The van der Waals surface area contributed by atoms with Crippen molar-refractivity contribution in [3.63, 3.8) is 0 Å². The number of guanidine groups is 1. The smallest absolute Gasteiger partial charge is 0.266 e. The number of fused-ring (bicyclic) bond motifs is 1. The van der Waals surface area contributed by atoms with E-state index in [1.165, 1.54) is 0 Å². The first-order valence-electron chi connectivity index (χ1n) is 8.14. The zero-order chi connectivity index (χ0) is 16.8. The molecule has 3 rings (SSSR count). The molecule has 5 nitrogen and oxygen atoms in total. The van der Waals surface area contributed by atoms with Crippen LogP contribution in [0.1, 0.15) is 38.2 Å². The van der Waals surface area contributed by atoms with Crippen molar-refractivity contribution in [1.82, 2.24) is 9.21 Å². The molecule has 0 bridgehead atoms. The van der Waals surface area contributed by atoms with Gasteiger partial charge in [0.25, 0.3) is 10.0 Å². The predicted octanol–water partition coefficient (Wildman–Crippen LogP) is 2.62. The number of hydrogen-bond donors (Lipinski definition) is 0. The summed E-state index contributed by atoms with van der Waals surface area (Å²) < 4.78 is 28.1. The van der Waals surface area contributed by atoms with E-state index < -0.39 is 10.0 Å². The monoisotopic (exact) mass is 335 g/mol. The lowest BCUT2D eigenvalue weighted by molar-refractivity contribution is 0.229. The van der Waals surface area contributed by atoms with Crippen molar-refractivity contribution in [3.05, 3.63) is 29.8 Å². The Labute approximate surface area is 139 Å². The molecule has 1 aromatic carbocycles. The average molecular weight is 335 g/mol. The van der Waals surface area contributed by atoms with Gasteiger partial charge in [0.1, 0.15) is 0 Å². The van der Waals surface area contributed by atoms with Gasteiger partial charge in [0.2, 0.25) is 5.96 Å². The van der Waals surface area contributed by atoms with Crippen LogP contribution in [0.3, 0.4) is 0 Å². The highest BCUT2D eigenvalue weighted by molar-refractivity contribution is 7.89. The molecule has 0 spiro atoms. The van der Waals surface area contributed by atoms with Crippen LogP contribution in [0.5, 0.6) is 0 Å². The van der Waals surface area contributed by atoms with E-state index >= 15 is 0 Å². The molecule has 0 saturated heterocycles. The summed E-state index contributed by atoms with van der Waals surface area (Å²) in [6, 6.07) is 6.98. The highest BCUT2D eigenvalue weighted by atomic mass is 32.2. The number of aryl methyl sites for hydroxylation is 1. The number of sulfonamides is 1. The Hall–Kier alpha value is -1.56. The van der Waals surface area contributed by atoms with Gasteiger partial charge in [0.05, 0.1) is 16.5 Å². The van der Waals surface area contributed by atoms with Gasteiger partial charge in [0.15, 0.2) is 0 Å². The molecular formula is C17H25N3O2S. The quantitative estimate of drug-likeness (QED) is 0.835. The van der Waals surface area contributed by atoms with Crippen LogP contribution in [-0.4, -0.2) is 49.3 Å². The molecule has 23 heavy (non-hydrogen) atoms. The van der Waals surface area contributed by atoms with Crippen molar-refractivity contribution >= 4 is 16.0 Å². The lowest BCUT2D eigenvalue weighted by Gasteiger charge is -2.38. The molecule has 126 valence electrons. The van der Waals surface area contributed by atoms with Crippen LogP contribution in [0.15, 0.2) is 34.2 Å². The maximum Gasteiger partial charge on any atom is 0.266 e. The van der Waals surface area contributed by atoms with E-state index in [1.807, 2.05) is 38.1 Å². The minimum absolute atomic E-state index is 0.0834. The molecule has 2 aliphatic rings. The molecule has 1 saturated carbocycles. The Morgan fingerprint density at radius 3 is 2.48 bits per heavy atom. The largest absolute Gasteiger partial charge is 0.348 e. The highest BCUT2D eigenvalue weighted by Gasteiger charge is 2.51. The fourth-order valence-corrected chi connectivity index (χ4v) is 5.41. The Balaban J connectivity index is 2.08. The summed E-state index contributed by atoms with van der Waals surface area (Å²) in [5.74, 6) is 0.556. The third kappa shape index (κ3) is 2.63. The molecule has 0 N–H and O–H groups in total. The van der Waals surface area contributed by atoms with E-state index in [0.717, 1.165) is 31.2 Å². The van der Waals surface area contributed by atoms with Crippen molar-refractivity contribution in [3.8, 4) is 0 Å². The minimum atomic E-state index is -3.60. The number of benzene rings is 1. The van der Waals surface area contributed by atoms with Gasteiger partial charge >= 0.3 is 0 Å². The summed E-state index contributed by atoms with van der Waals surface area (Å²) in [7, 11) is 0.119. The van der Waals surface area contributed by atoms with Crippen molar-refractivity contribution < 1.29 is 8.42 Å². The van der Waals surface area contributed by atoms with Crippen LogP contribution >= 0.6 is 0 Å². The van der Waals surface area contributed by atoms with Crippen molar-refractivity contribution in [1.29, 1.82) is 0 Å². The molecule has 1 fully saturated rings. The van der Waals surface area contributed by atoms with Gasteiger partial charge in [0, 0.05) is 14.1 Å². The molecule has 0 aromatic heterocycles. The van der Waals surface area contributed by atoms with Gasteiger partial charge in [-0.2, -0.15) is 0 Å². The number of aliphatic imine (C=N–C) groups is 1. The molecule has 1 aliphatic carbocycles. The third-order valence-electron chi connectivity index (χ3n) is 4.94. The molecule has 1 aliphatic heterocycles. The lowest BCUT2D eigenvalue weighted by atomic mass is 9.80. The minimum Gasteiger partial charge on any atom is -0.348 e. The summed E-state index contributed by atoms with van der Waals surface area (Å²) in [5, 5.41) is 0. The normalized spacial score (nSPS) is 27.6.